The third-order valence-electron chi connectivity index (χ3n) is 7.68. The number of carboxylic acids is 1. The Morgan fingerprint density at radius 3 is 2.37 bits per heavy atom. The highest BCUT2D eigenvalue weighted by molar-refractivity contribution is 6.31. The fraction of sp³-hybridized carbons (Fsp3) is 0.265. The van der Waals surface area contributed by atoms with E-state index in [1.165, 1.54) is 40.8 Å². The molecule has 256 valence electrons. The maximum Gasteiger partial charge on any atom is 0.356 e. The summed E-state index contributed by atoms with van der Waals surface area (Å²) < 4.78 is 28.7. The zero-order valence-electron chi connectivity index (χ0n) is 27.5. The third kappa shape index (κ3) is 7.32. The second-order valence-electron chi connectivity index (χ2n) is 11.6. The van der Waals surface area contributed by atoms with E-state index in [1.807, 2.05) is 26.0 Å². The van der Waals surface area contributed by atoms with Crippen LogP contribution in [-0.2, 0) is 6.54 Å². The number of aromatic carboxylic acids is 1. The molecule has 5 rings (SSSR count). The topological polar surface area (TPSA) is 137 Å². The quantitative estimate of drug-likeness (QED) is 0.149. The molecule has 2 N–H and O–H groups in total. The summed E-state index contributed by atoms with van der Waals surface area (Å²) in [7, 11) is 6.55. The Morgan fingerprint density at radius 2 is 1.78 bits per heavy atom. The number of halogens is 3. The number of carboxylic acid groups (broad SMARTS) is 1. The molecule has 0 aliphatic carbocycles. The van der Waals surface area contributed by atoms with Gasteiger partial charge in [-0.3, -0.25) is 4.79 Å². The molecular weight excluding hydrogens is 676 g/mol. The van der Waals surface area contributed by atoms with E-state index in [4.69, 9.17) is 32.7 Å². The van der Waals surface area contributed by atoms with Gasteiger partial charge < -0.3 is 29.4 Å². The molecule has 5 aromatic rings. The molecule has 2 aromatic carbocycles. The van der Waals surface area contributed by atoms with Crippen molar-refractivity contribution in [2.75, 3.05) is 38.5 Å². The molecular formula is C34H34Cl2FN7O5. The molecule has 0 spiro atoms. The summed E-state index contributed by atoms with van der Waals surface area (Å²) in [6.45, 7) is 3.92. The van der Waals surface area contributed by atoms with E-state index in [-0.39, 0.29) is 39.6 Å². The van der Waals surface area contributed by atoms with Crippen LogP contribution in [0.5, 0.6) is 11.6 Å². The first-order valence-corrected chi connectivity index (χ1v) is 15.8. The van der Waals surface area contributed by atoms with Crippen LogP contribution in [0.25, 0.3) is 5.69 Å². The lowest BCUT2D eigenvalue weighted by Gasteiger charge is -2.24. The van der Waals surface area contributed by atoms with Crippen molar-refractivity contribution in [3.05, 3.63) is 115 Å². The summed E-state index contributed by atoms with van der Waals surface area (Å²) in [6.07, 6.45) is 3.06. The average Bonchev–Trinajstić information content (AvgIpc) is 3.48. The number of benzene rings is 2. The summed E-state index contributed by atoms with van der Waals surface area (Å²) in [6, 6.07) is 11.8. The van der Waals surface area contributed by atoms with Crippen LogP contribution in [0.3, 0.4) is 0 Å². The molecule has 0 amide bonds. The lowest BCUT2D eigenvalue weighted by atomic mass is 9.92. The monoisotopic (exact) mass is 709 g/mol. The minimum atomic E-state index is -1.33. The van der Waals surface area contributed by atoms with Crippen molar-refractivity contribution in [2.45, 2.75) is 32.4 Å². The van der Waals surface area contributed by atoms with Crippen LogP contribution in [0.1, 0.15) is 58.7 Å². The molecule has 3 aromatic heterocycles. The summed E-state index contributed by atoms with van der Waals surface area (Å²) >= 11 is 12.5. The van der Waals surface area contributed by atoms with Gasteiger partial charge in [-0.25, -0.2) is 18.9 Å². The van der Waals surface area contributed by atoms with E-state index in [0.717, 1.165) is 5.56 Å². The minimum absolute atomic E-state index is 0.0827. The number of ether oxygens (including phenoxy) is 2. The average molecular weight is 711 g/mol. The maximum absolute atomic E-state index is 15.1. The van der Waals surface area contributed by atoms with Crippen molar-refractivity contribution in [1.82, 2.24) is 24.3 Å². The van der Waals surface area contributed by atoms with E-state index in [1.54, 1.807) is 50.5 Å². The molecule has 0 saturated carbocycles. The number of hydrogen-bond donors (Lipinski definition) is 2. The van der Waals surface area contributed by atoms with Crippen LogP contribution in [0, 0.1) is 5.82 Å². The number of aromatic nitrogens is 5. The highest BCUT2D eigenvalue weighted by Crippen LogP contribution is 2.38. The molecule has 1 unspecified atom stereocenters. The molecule has 0 aliphatic heterocycles. The van der Waals surface area contributed by atoms with Gasteiger partial charge >= 0.3 is 5.97 Å². The SMILES string of the molecule is COc1ccc(Cn2cc(NC(c3ccc(Cl)c(F)c3)c3c(C(=O)O)nn(-c4cnc(N(C)C)nc4OC)c3C(C)C)cc(Cl)c2=O)cc1. The van der Waals surface area contributed by atoms with Crippen LogP contribution < -0.4 is 25.2 Å². The molecule has 0 bridgehead atoms. The number of rotatable bonds is 12. The smallest absolute Gasteiger partial charge is 0.356 e. The Balaban J connectivity index is 1.72. The number of methoxy groups -OCH3 is 2. The molecule has 0 aliphatic rings. The summed E-state index contributed by atoms with van der Waals surface area (Å²) in [5.74, 6) is -1.18. The molecule has 3 heterocycles. The van der Waals surface area contributed by atoms with E-state index in [0.29, 0.717) is 34.3 Å². The van der Waals surface area contributed by atoms with Crippen molar-refractivity contribution < 1.29 is 23.8 Å². The Bertz CT molecular complexity index is 2070. The van der Waals surface area contributed by atoms with E-state index in [9.17, 15) is 14.7 Å². The van der Waals surface area contributed by atoms with Gasteiger partial charge in [-0.1, -0.05) is 55.2 Å². The van der Waals surface area contributed by atoms with Crippen LogP contribution in [0.2, 0.25) is 10.0 Å². The number of nitrogens with one attached hydrogen (secondary N) is 1. The highest BCUT2D eigenvalue weighted by Gasteiger charge is 2.33. The Labute approximate surface area is 291 Å². The van der Waals surface area contributed by atoms with Crippen LogP contribution in [0.15, 0.2) is 65.7 Å². The molecule has 0 radical (unpaired) electrons. The van der Waals surface area contributed by atoms with Gasteiger partial charge in [0.25, 0.3) is 5.56 Å². The second-order valence-corrected chi connectivity index (χ2v) is 12.4. The van der Waals surface area contributed by atoms with E-state index < -0.39 is 23.4 Å². The Morgan fingerprint density at radius 1 is 1.06 bits per heavy atom. The van der Waals surface area contributed by atoms with E-state index in [2.05, 4.69) is 20.4 Å². The first-order chi connectivity index (χ1) is 23.3. The fourth-order valence-electron chi connectivity index (χ4n) is 5.39. The standard InChI is InChI=1S/C34H34Cl2FN7O5/c1-18(2)30-27(29(33(46)47)41-44(30)26-15-38-34(42(3)4)40-31(26)49-6)28(20-9-12-23(35)25(37)13-20)39-21-14-24(36)32(45)43(17-21)16-19-7-10-22(48-5)11-8-19/h7-15,17-18,28,39H,16H2,1-6H3,(H,46,47). The number of carbonyl (C=O) groups is 1. The highest BCUT2D eigenvalue weighted by atomic mass is 35.5. The number of pyridine rings is 1. The van der Waals surface area contributed by atoms with Crippen molar-refractivity contribution in [1.29, 1.82) is 0 Å². The normalized spacial score (nSPS) is 11.8. The number of nitrogens with zero attached hydrogens (tertiary/aromatic N) is 6. The largest absolute Gasteiger partial charge is 0.497 e. The van der Waals surface area contributed by atoms with Crippen molar-refractivity contribution in [3.63, 3.8) is 0 Å². The van der Waals surface area contributed by atoms with Crippen molar-refractivity contribution >= 4 is 40.8 Å². The van der Waals surface area contributed by atoms with Gasteiger partial charge in [0.2, 0.25) is 11.8 Å². The van der Waals surface area contributed by atoms with Crippen LogP contribution in [0.4, 0.5) is 16.0 Å². The molecule has 0 saturated heterocycles. The van der Waals surface area contributed by atoms with Crippen LogP contribution >= 0.6 is 23.2 Å². The van der Waals surface area contributed by atoms with Gasteiger partial charge in [0, 0.05) is 25.9 Å². The molecule has 15 heteroatoms. The van der Waals surface area contributed by atoms with Crippen molar-refractivity contribution in [3.8, 4) is 17.3 Å². The maximum atomic E-state index is 15.1. The van der Waals surface area contributed by atoms with E-state index >= 15 is 4.39 Å². The second kappa shape index (κ2) is 14.5. The van der Waals surface area contributed by atoms with Gasteiger partial charge in [0.1, 0.15) is 22.3 Å². The molecule has 1 atom stereocenters. The Hall–Kier alpha value is -5.14. The predicted molar refractivity (Wildman–Crippen MR) is 186 cm³/mol. The molecule has 49 heavy (non-hydrogen) atoms. The fourth-order valence-corrected chi connectivity index (χ4v) is 5.73. The third-order valence-corrected chi connectivity index (χ3v) is 8.26. The van der Waals surface area contributed by atoms with Gasteiger partial charge in [0.15, 0.2) is 5.69 Å². The minimum Gasteiger partial charge on any atom is -0.497 e. The van der Waals surface area contributed by atoms with Gasteiger partial charge in [-0.2, -0.15) is 10.1 Å². The molecule has 12 nitrogen and oxygen atoms in total. The first-order valence-electron chi connectivity index (χ1n) is 15.0. The summed E-state index contributed by atoms with van der Waals surface area (Å²) in [4.78, 5) is 36.6. The van der Waals surface area contributed by atoms with Gasteiger partial charge in [0.05, 0.1) is 49.4 Å². The zero-order chi connectivity index (χ0) is 35.6. The summed E-state index contributed by atoms with van der Waals surface area (Å²) in [5.41, 5.74) is 1.73. The zero-order valence-corrected chi connectivity index (χ0v) is 29.0. The number of hydrogen-bond acceptors (Lipinski definition) is 9. The summed E-state index contributed by atoms with van der Waals surface area (Å²) in [5, 5.41) is 18.2. The lowest BCUT2D eigenvalue weighted by molar-refractivity contribution is 0.0688. The van der Waals surface area contributed by atoms with Gasteiger partial charge in [-0.05, 0) is 47.4 Å². The number of anilines is 2. The Kier molecular flexibility index (Phi) is 10.4. The lowest BCUT2D eigenvalue weighted by Crippen LogP contribution is -2.23. The van der Waals surface area contributed by atoms with Gasteiger partial charge in [-0.15, -0.1) is 0 Å². The van der Waals surface area contributed by atoms with Crippen LogP contribution in [-0.4, -0.2) is 63.7 Å². The van der Waals surface area contributed by atoms with Crippen molar-refractivity contribution in [2.24, 2.45) is 0 Å². The first kappa shape index (κ1) is 35.2. The molecule has 0 fully saturated rings. The predicted octanol–water partition coefficient (Wildman–Crippen LogP) is 6.42.